The minimum atomic E-state index is -0.572. The van der Waals surface area contributed by atoms with Gasteiger partial charge in [-0.1, -0.05) is 79.3 Å². The number of benzene rings is 3. The molecule has 1 saturated heterocycles. The third kappa shape index (κ3) is 7.15. The van der Waals surface area contributed by atoms with Gasteiger partial charge >= 0.3 is 6.03 Å². The monoisotopic (exact) mass is 679 g/mol. The Morgan fingerprint density at radius 3 is 2.33 bits per heavy atom. The van der Waals surface area contributed by atoms with E-state index < -0.39 is 6.29 Å². The Morgan fingerprint density at radius 2 is 1.63 bits per heavy atom. The molecule has 4 bridgehead atoms. The van der Waals surface area contributed by atoms with Crippen LogP contribution >= 0.6 is 11.8 Å². The molecule has 3 aromatic carbocycles. The summed E-state index contributed by atoms with van der Waals surface area (Å²) >= 11 is 1.58. The van der Waals surface area contributed by atoms with E-state index >= 15 is 0 Å². The standard InChI is InChI=1S/C39H45N5O4S/c1-24-34(22-49-38-41-23-42-44-38)47-36(48-35(24)30-10-8-25(21-45)9-11-30)33-7-3-6-32(16-33)31-5-2-4-26(15-31)20-40-37(46)43-39-17-27-12-28(18-39)14-29(13-27)19-39/h2-11,15-16,23-24,27-29,34-36,45H,12-14,17-22H2,1H3,(H2,40,43,46)(H,41,42,44)/t24-,27?,28?,29?,34+,35+,36+,39?/m0/s1. The Kier molecular flexibility index (Phi) is 9.22. The second kappa shape index (κ2) is 13.9. The van der Waals surface area contributed by atoms with Crippen molar-refractivity contribution in [3.8, 4) is 11.1 Å². The summed E-state index contributed by atoms with van der Waals surface area (Å²) in [6.07, 6.45) is 8.13. The Labute approximate surface area is 292 Å². The van der Waals surface area contributed by atoms with E-state index in [0.29, 0.717) is 12.3 Å². The molecule has 5 fully saturated rings. The summed E-state index contributed by atoms with van der Waals surface area (Å²) in [5, 5.41) is 23.8. The third-order valence-corrected chi connectivity index (χ3v) is 12.2. The molecule has 4 atom stereocenters. The van der Waals surface area contributed by atoms with E-state index in [1.165, 1.54) is 25.6 Å². The number of aromatic amines is 1. The molecule has 4 N–H and O–H groups in total. The average Bonchev–Trinajstić information content (AvgIpc) is 3.64. The summed E-state index contributed by atoms with van der Waals surface area (Å²) in [7, 11) is 0. The Balaban J connectivity index is 0.963. The molecule has 0 unspecified atom stereocenters. The first-order valence-corrected chi connectivity index (χ1v) is 18.6. The number of hydrogen-bond acceptors (Lipinski definition) is 7. The van der Waals surface area contributed by atoms with Crippen molar-refractivity contribution in [2.75, 3.05) is 5.75 Å². The van der Waals surface area contributed by atoms with Crippen LogP contribution in [0, 0.1) is 23.7 Å². The largest absolute Gasteiger partial charge is 0.392 e. The van der Waals surface area contributed by atoms with Crippen LogP contribution in [0.25, 0.3) is 11.1 Å². The summed E-state index contributed by atoms with van der Waals surface area (Å²) in [5.41, 5.74) is 6.03. The summed E-state index contributed by atoms with van der Waals surface area (Å²) in [5.74, 6) is 3.13. The van der Waals surface area contributed by atoms with Crippen molar-refractivity contribution in [1.82, 2.24) is 25.8 Å². The lowest BCUT2D eigenvalue weighted by molar-refractivity contribution is -0.268. The van der Waals surface area contributed by atoms with Gasteiger partial charge in [-0.2, -0.15) is 5.10 Å². The SMILES string of the molecule is C[C@H]1[C@@H](CSc2ncn[nH]2)O[C@@H](c2cccc(-c3cccc(CNC(=O)NC45CC6CC(CC(C6)C4)C5)c3)c2)O[C@H]1c1ccc(CO)cc1. The second-order valence-corrected chi connectivity index (χ2v) is 15.8. The minimum absolute atomic E-state index is 0.00225. The van der Waals surface area contributed by atoms with Gasteiger partial charge in [-0.25, -0.2) is 9.78 Å². The lowest BCUT2D eigenvalue weighted by Gasteiger charge is -2.56. The molecule has 9 rings (SSSR count). The molecule has 49 heavy (non-hydrogen) atoms. The number of aliphatic hydroxyl groups is 1. The number of aliphatic hydroxyl groups excluding tert-OH is 1. The van der Waals surface area contributed by atoms with E-state index in [1.807, 2.05) is 36.4 Å². The number of ether oxygens (including phenoxy) is 2. The topological polar surface area (TPSA) is 121 Å². The zero-order valence-electron chi connectivity index (χ0n) is 27.9. The van der Waals surface area contributed by atoms with Crippen LogP contribution in [0.2, 0.25) is 0 Å². The van der Waals surface area contributed by atoms with Crippen LogP contribution in [0.5, 0.6) is 0 Å². The number of carbonyl (C=O) groups is 1. The van der Waals surface area contributed by atoms with E-state index in [0.717, 1.165) is 75.6 Å². The molecule has 9 nitrogen and oxygen atoms in total. The van der Waals surface area contributed by atoms with Gasteiger partial charge in [0.25, 0.3) is 0 Å². The Hall–Kier alpha value is -3.70. The maximum Gasteiger partial charge on any atom is 0.315 e. The maximum atomic E-state index is 13.1. The van der Waals surface area contributed by atoms with Crippen LogP contribution in [-0.4, -0.2) is 43.7 Å². The number of thioether (sulfide) groups is 1. The van der Waals surface area contributed by atoms with Crippen LogP contribution < -0.4 is 10.6 Å². The molecule has 5 aliphatic rings. The van der Waals surface area contributed by atoms with Crippen molar-refractivity contribution in [3.63, 3.8) is 0 Å². The number of nitrogens with one attached hydrogen (secondary N) is 3. The van der Waals surface area contributed by atoms with Gasteiger partial charge in [-0.3, -0.25) is 5.10 Å². The number of amides is 2. The fraction of sp³-hybridized carbons (Fsp3) is 0.462. The highest BCUT2D eigenvalue weighted by atomic mass is 32.2. The molecule has 4 aromatic rings. The summed E-state index contributed by atoms with van der Waals surface area (Å²) in [6.45, 7) is 2.63. The molecule has 2 heterocycles. The predicted molar refractivity (Wildman–Crippen MR) is 188 cm³/mol. The molecule has 256 valence electrons. The number of aromatic nitrogens is 3. The van der Waals surface area contributed by atoms with E-state index in [9.17, 15) is 9.90 Å². The summed E-state index contributed by atoms with van der Waals surface area (Å²) in [4.78, 5) is 17.4. The third-order valence-electron chi connectivity index (χ3n) is 11.2. The first-order valence-electron chi connectivity index (χ1n) is 17.7. The molecule has 4 saturated carbocycles. The van der Waals surface area contributed by atoms with E-state index in [-0.39, 0.29) is 36.3 Å². The summed E-state index contributed by atoms with van der Waals surface area (Å²) < 4.78 is 13.4. The molecule has 4 aliphatic carbocycles. The molecule has 2 amide bonds. The molecule has 10 heteroatoms. The fourth-order valence-corrected chi connectivity index (χ4v) is 10.1. The van der Waals surface area contributed by atoms with Crippen molar-refractivity contribution in [2.24, 2.45) is 23.7 Å². The maximum absolute atomic E-state index is 13.1. The van der Waals surface area contributed by atoms with Gasteiger partial charge in [0.2, 0.25) is 0 Å². The van der Waals surface area contributed by atoms with Gasteiger partial charge in [0.1, 0.15) is 6.33 Å². The number of rotatable bonds is 10. The highest BCUT2D eigenvalue weighted by Crippen LogP contribution is 2.55. The lowest BCUT2D eigenvalue weighted by Crippen LogP contribution is -2.61. The van der Waals surface area contributed by atoms with Gasteiger partial charge in [0, 0.05) is 29.3 Å². The fourth-order valence-electron chi connectivity index (χ4n) is 9.19. The van der Waals surface area contributed by atoms with Gasteiger partial charge < -0.3 is 25.2 Å². The molecule has 1 aromatic heterocycles. The quantitative estimate of drug-likeness (QED) is 0.130. The van der Waals surface area contributed by atoms with Crippen molar-refractivity contribution in [3.05, 3.63) is 101 Å². The van der Waals surface area contributed by atoms with Crippen LogP contribution in [0.15, 0.2) is 84.3 Å². The normalized spacial score (nSPS) is 30.3. The van der Waals surface area contributed by atoms with Crippen molar-refractivity contribution >= 4 is 17.8 Å². The van der Waals surface area contributed by atoms with Crippen molar-refractivity contribution in [1.29, 1.82) is 0 Å². The number of hydrogen-bond donors (Lipinski definition) is 4. The number of H-pyrrole nitrogens is 1. The summed E-state index contributed by atoms with van der Waals surface area (Å²) in [6, 6.07) is 24.6. The smallest absolute Gasteiger partial charge is 0.315 e. The van der Waals surface area contributed by atoms with Crippen LogP contribution in [0.4, 0.5) is 4.79 Å². The van der Waals surface area contributed by atoms with Crippen molar-refractivity contribution < 1.29 is 19.4 Å². The number of nitrogens with zero attached hydrogens (tertiary/aromatic N) is 2. The zero-order valence-corrected chi connectivity index (χ0v) is 28.7. The highest BCUT2D eigenvalue weighted by molar-refractivity contribution is 7.99. The molecule has 0 spiro atoms. The molecular formula is C39H45N5O4S. The number of carbonyl (C=O) groups excluding carboxylic acids is 1. The van der Waals surface area contributed by atoms with Gasteiger partial charge in [-0.15, -0.1) is 0 Å². The van der Waals surface area contributed by atoms with Gasteiger partial charge in [0.05, 0.1) is 18.8 Å². The molecular weight excluding hydrogens is 635 g/mol. The minimum Gasteiger partial charge on any atom is -0.392 e. The van der Waals surface area contributed by atoms with Gasteiger partial charge in [0.15, 0.2) is 11.4 Å². The first kappa shape index (κ1) is 32.5. The van der Waals surface area contributed by atoms with Crippen LogP contribution in [0.3, 0.4) is 0 Å². The van der Waals surface area contributed by atoms with Crippen molar-refractivity contribution in [2.45, 2.75) is 87.8 Å². The molecule has 1 aliphatic heterocycles. The highest BCUT2D eigenvalue weighted by Gasteiger charge is 2.51. The van der Waals surface area contributed by atoms with Crippen LogP contribution in [0.1, 0.15) is 80.1 Å². The van der Waals surface area contributed by atoms with E-state index in [1.54, 1.807) is 11.8 Å². The van der Waals surface area contributed by atoms with Gasteiger partial charge in [-0.05, 0) is 96.2 Å². The van der Waals surface area contributed by atoms with E-state index in [2.05, 4.69) is 69.1 Å². The van der Waals surface area contributed by atoms with E-state index in [4.69, 9.17) is 9.47 Å². The lowest BCUT2D eigenvalue weighted by atomic mass is 9.53. The molecule has 0 radical (unpaired) electrons. The average molecular weight is 680 g/mol. The number of urea groups is 1. The van der Waals surface area contributed by atoms with Crippen LogP contribution in [-0.2, 0) is 22.6 Å². The first-order chi connectivity index (χ1) is 23.9. The Morgan fingerprint density at radius 1 is 0.918 bits per heavy atom. The zero-order chi connectivity index (χ0) is 33.4. The Bertz CT molecular complexity index is 1710. The predicted octanol–water partition coefficient (Wildman–Crippen LogP) is 7.32. The second-order valence-electron chi connectivity index (χ2n) is 14.8.